The van der Waals surface area contributed by atoms with E-state index in [1.54, 1.807) is 6.21 Å². The number of rotatable bonds is 6. The third-order valence-corrected chi connectivity index (χ3v) is 5.33. The number of nitrogens with zero attached hydrogens (tertiary/aromatic N) is 1. The van der Waals surface area contributed by atoms with E-state index in [0.29, 0.717) is 10.8 Å². The van der Waals surface area contributed by atoms with Crippen molar-refractivity contribution >= 4 is 45.9 Å². The van der Waals surface area contributed by atoms with E-state index in [-0.39, 0.29) is 12.5 Å². The first-order chi connectivity index (χ1) is 15.5. The second kappa shape index (κ2) is 9.67. The van der Waals surface area contributed by atoms with E-state index in [2.05, 4.69) is 10.3 Å². The molecule has 0 atom stereocenters. The summed E-state index contributed by atoms with van der Waals surface area (Å²) in [5.41, 5.74) is 4.44. The molecule has 1 N–H and O–H groups in total. The van der Waals surface area contributed by atoms with Gasteiger partial charge in [-0.15, -0.1) is 0 Å². The van der Waals surface area contributed by atoms with Crippen LogP contribution >= 0.6 is 11.6 Å². The van der Waals surface area contributed by atoms with Gasteiger partial charge in [-0.05, 0) is 66.1 Å². The van der Waals surface area contributed by atoms with Crippen LogP contribution in [0.25, 0.3) is 10.8 Å². The first kappa shape index (κ1) is 21.6. The summed E-state index contributed by atoms with van der Waals surface area (Å²) in [5, 5.41) is 5.55. The van der Waals surface area contributed by atoms with E-state index in [9.17, 15) is 4.79 Å². The Balaban J connectivity index is 1.60. The quantitative estimate of drug-likeness (QED) is 0.331. The van der Waals surface area contributed by atoms with E-state index >= 15 is 0 Å². The summed E-state index contributed by atoms with van der Waals surface area (Å²) in [4.78, 5) is 17.1. The Morgan fingerprint density at radius 2 is 1.84 bits per heavy atom. The SMILES string of the molecule is Cc1cccc(NC(=O)COc2ccc3ccccc3c2C=Nc2cc(Cl)ccc2C)c1. The van der Waals surface area contributed by atoms with Crippen LogP contribution in [-0.2, 0) is 4.79 Å². The molecule has 0 aromatic heterocycles. The van der Waals surface area contributed by atoms with Crippen LogP contribution in [0.2, 0.25) is 5.02 Å². The minimum Gasteiger partial charge on any atom is -0.483 e. The number of aliphatic imine (C=N–C) groups is 1. The molecule has 0 unspecified atom stereocenters. The number of halogens is 1. The third-order valence-electron chi connectivity index (χ3n) is 5.10. The number of amides is 1. The van der Waals surface area contributed by atoms with Crippen molar-refractivity contribution in [1.82, 2.24) is 0 Å². The molecule has 0 radical (unpaired) electrons. The summed E-state index contributed by atoms with van der Waals surface area (Å²) >= 11 is 6.14. The monoisotopic (exact) mass is 442 g/mol. The van der Waals surface area contributed by atoms with Crippen LogP contribution in [0.1, 0.15) is 16.7 Å². The van der Waals surface area contributed by atoms with Crippen molar-refractivity contribution in [2.75, 3.05) is 11.9 Å². The van der Waals surface area contributed by atoms with E-state index in [4.69, 9.17) is 16.3 Å². The van der Waals surface area contributed by atoms with Crippen molar-refractivity contribution < 1.29 is 9.53 Å². The van der Waals surface area contributed by atoms with E-state index in [1.165, 1.54) is 0 Å². The maximum atomic E-state index is 12.4. The number of hydrogen-bond acceptors (Lipinski definition) is 3. The van der Waals surface area contributed by atoms with Gasteiger partial charge in [0.15, 0.2) is 6.61 Å². The summed E-state index contributed by atoms with van der Waals surface area (Å²) in [6.07, 6.45) is 1.77. The largest absolute Gasteiger partial charge is 0.483 e. The van der Waals surface area contributed by atoms with Gasteiger partial charge in [-0.1, -0.05) is 60.1 Å². The highest BCUT2D eigenvalue weighted by Gasteiger charge is 2.10. The van der Waals surface area contributed by atoms with Crippen LogP contribution in [0.3, 0.4) is 0 Å². The van der Waals surface area contributed by atoms with Crippen molar-refractivity contribution in [2.24, 2.45) is 4.99 Å². The lowest BCUT2D eigenvalue weighted by Crippen LogP contribution is -2.20. The fraction of sp³-hybridized carbons (Fsp3) is 0.111. The zero-order valence-corrected chi connectivity index (χ0v) is 18.7. The Hall–Kier alpha value is -3.63. The summed E-state index contributed by atoms with van der Waals surface area (Å²) in [6.45, 7) is 3.86. The first-order valence-corrected chi connectivity index (χ1v) is 10.7. The molecule has 0 fully saturated rings. The van der Waals surface area contributed by atoms with Gasteiger partial charge in [0.1, 0.15) is 5.75 Å². The van der Waals surface area contributed by atoms with Crippen molar-refractivity contribution in [1.29, 1.82) is 0 Å². The Morgan fingerprint density at radius 3 is 2.69 bits per heavy atom. The molecule has 4 aromatic carbocycles. The Bertz CT molecular complexity index is 1310. The van der Waals surface area contributed by atoms with Gasteiger partial charge in [0.2, 0.25) is 0 Å². The van der Waals surface area contributed by atoms with E-state index < -0.39 is 0 Å². The molecule has 0 heterocycles. The predicted molar refractivity (Wildman–Crippen MR) is 133 cm³/mol. The van der Waals surface area contributed by atoms with Gasteiger partial charge in [0, 0.05) is 22.5 Å². The second-order valence-corrected chi connectivity index (χ2v) is 8.03. The van der Waals surface area contributed by atoms with Crippen molar-refractivity contribution in [2.45, 2.75) is 13.8 Å². The molecule has 0 aliphatic rings. The third kappa shape index (κ3) is 5.16. The van der Waals surface area contributed by atoms with Crippen molar-refractivity contribution in [3.63, 3.8) is 0 Å². The molecule has 0 saturated carbocycles. The second-order valence-electron chi connectivity index (χ2n) is 7.59. The number of ether oxygens (including phenoxy) is 1. The zero-order chi connectivity index (χ0) is 22.5. The maximum absolute atomic E-state index is 12.4. The highest BCUT2D eigenvalue weighted by Crippen LogP contribution is 2.29. The molecule has 160 valence electrons. The van der Waals surface area contributed by atoms with Crippen LogP contribution in [0, 0.1) is 13.8 Å². The zero-order valence-electron chi connectivity index (χ0n) is 17.9. The normalized spacial score (nSPS) is 11.1. The van der Waals surface area contributed by atoms with E-state index in [0.717, 1.165) is 38.8 Å². The van der Waals surface area contributed by atoms with Crippen LogP contribution in [0.4, 0.5) is 11.4 Å². The van der Waals surface area contributed by atoms with Gasteiger partial charge in [-0.3, -0.25) is 9.79 Å². The molecule has 1 amide bonds. The minimum atomic E-state index is -0.225. The summed E-state index contributed by atoms with van der Waals surface area (Å²) in [5.74, 6) is 0.365. The molecule has 0 aliphatic heterocycles. The number of carbonyl (C=O) groups excluding carboxylic acids is 1. The molecule has 0 saturated heterocycles. The number of fused-ring (bicyclic) bond motifs is 1. The summed E-state index contributed by atoms with van der Waals surface area (Å²) < 4.78 is 5.92. The standard InChI is InChI=1S/C27H23ClN2O2/c1-18-6-5-8-22(14-18)30-27(31)17-32-26-13-11-20-7-3-4-9-23(20)24(26)16-29-25-15-21(28)12-10-19(25)2/h3-16H,17H2,1-2H3,(H,30,31). The molecular weight excluding hydrogens is 420 g/mol. The molecule has 32 heavy (non-hydrogen) atoms. The lowest BCUT2D eigenvalue weighted by molar-refractivity contribution is -0.118. The Morgan fingerprint density at radius 1 is 1.00 bits per heavy atom. The molecule has 4 nitrogen and oxygen atoms in total. The number of hydrogen-bond donors (Lipinski definition) is 1. The number of nitrogens with one attached hydrogen (secondary N) is 1. The highest BCUT2D eigenvalue weighted by molar-refractivity contribution is 6.30. The number of benzene rings is 4. The fourth-order valence-electron chi connectivity index (χ4n) is 3.45. The fourth-order valence-corrected chi connectivity index (χ4v) is 3.62. The minimum absolute atomic E-state index is 0.108. The Kier molecular flexibility index (Phi) is 6.52. The smallest absolute Gasteiger partial charge is 0.262 e. The first-order valence-electron chi connectivity index (χ1n) is 10.3. The molecule has 0 bridgehead atoms. The van der Waals surface area contributed by atoms with E-state index in [1.807, 2.05) is 92.7 Å². The van der Waals surface area contributed by atoms with Crippen molar-refractivity contribution in [3.8, 4) is 5.75 Å². The number of carbonyl (C=O) groups is 1. The van der Waals surface area contributed by atoms with Gasteiger partial charge in [0.05, 0.1) is 5.69 Å². The Labute approximate surface area is 192 Å². The van der Waals surface area contributed by atoms with Crippen LogP contribution < -0.4 is 10.1 Å². The lowest BCUT2D eigenvalue weighted by Gasteiger charge is -2.12. The molecular formula is C27H23ClN2O2. The van der Waals surface area contributed by atoms with Gasteiger partial charge in [-0.25, -0.2) is 0 Å². The van der Waals surface area contributed by atoms with Gasteiger partial charge in [-0.2, -0.15) is 0 Å². The van der Waals surface area contributed by atoms with Gasteiger partial charge >= 0.3 is 0 Å². The van der Waals surface area contributed by atoms with Crippen LogP contribution in [0.5, 0.6) is 5.75 Å². The molecule has 4 rings (SSSR count). The predicted octanol–water partition coefficient (Wildman–Crippen LogP) is 6.88. The van der Waals surface area contributed by atoms with Crippen LogP contribution in [-0.4, -0.2) is 18.7 Å². The van der Waals surface area contributed by atoms with Gasteiger partial charge < -0.3 is 10.1 Å². The van der Waals surface area contributed by atoms with Crippen molar-refractivity contribution in [3.05, 3.63) is 101 Å². The summed E-state index contributed by atoms with van der Waals surface area (Å²) in [7, 11) is 0. The molecule has 0 spiro atoms. The van der Waals surface area contributed by atoms with Crippen LogP contribution in [0.15, 0.2) is 83.9 Å². The lowest BCUT2D eigenvalue weighted by atomic mass is 10.0. The topological polar surface area (TPSA) is 50.7 Å². The molecule has 4 aromatic rings. The molecule has 5 heteroatoms. The highest BCUT2D eigenvalue weighted by atomic mass is 35.5. The summed E-state index contributed by atoms with van der Waals surface area (Å²) in [6, 6.07) is 25.1. The van der Waals surface area contributed by atoms with Gasteiger partial charge in [0.25, 0.3) is 5.91 Å². The average molecular weight is 443 g/mol. The number of aryl methyl sites for hydroxylation is 2. The maximum Gasteiger partial charge on any atom is 0.262 e. The number of anilines is 1. The average Bonchev–Trinajstić information content (AvgIpc) is 2.78. The molecule has 0 aliphatic carbocycles.